The molecule has 1 aliphatic rings. The first-order valence-electron chi connectivity index (χ1n) is 5.17. The third-order valence-corrected chi connectivity index (χ3v) is 2.47. The van der Waals surface area contributed by atoms with Crippen molar-refractivity contribution in [2.75, 3.05) is 20.1 Å². The fourth-order valence-corrected chi connectivity index (χ4v) is 1.55. The summed E-state index contributed by atoms with van der Waals surface area (Å²) in [4.78, 5) is 2.48. The van der Waals surface area contributed by atoms with Crippen molar-refractivity contribution in [2.24, 2.45) is 0 Å². The molecule has 0 saturated heterocycles. The van der Waals surface area contributed by atoms with Gasteiger partial charge in [0.1, 0.15) is 0 Å². The van der Waals surface area contributed by atoms with E-state index in [1.165, 1.54) is 25.8 Å². The summed E-state index contributed by atoms with van der Waals surface area (Å²) in [7, 11) is 2.24. The zero-order valence-electron chi connectivity index (χ0n) is 8.64. The highest BCUT2D eigenvalue weighted by Crippen LogP contribution is 2.25. The van der Waals surface area contributed by atoms with Crippen LogP contribution >= 0.6 is 0 Å². The van der Waals surface area contributed by atoms with Crippen LogP contribution in [0.3, 0.4) is 0 Å². The van der Waals surface area contributed by atoms with Gasteiger partial charge in [0.15, 0.2) is 0 Å². The first-order chi connectivity index (χ1) is 5.74. The van der Waals surface area contributed by atoms with Gasteiger partial charge in [0.25, 0.3) is 0 Å². The summed E-state index contributed by atoms with van der Waals surface area (Å²) in [5.41, 5.74) is 0. The molecule has 0 aromatic heterocycles. The van der Waals surface area contributed by atoms with Crippen LogP contribution in [0.1, 0.15) is 33.1 Å². The first-order valence-corrected chi connectivity index (χ1v) is 5.17. The van der Waals surface area contributed by atoms with Gasteiger partial charge in [-0.3, -0.25) is 0 Å². The molecule has 2 heteroatoms. The van der Waals surface area contributed by atoms with E-state index in [4.69, 9.17) is 0 Å². The van der Waals surface area contributed by atoms with Crippen LogP contribution in [0, 0.1) is 0 Å². The Morgan fingerprint density at radius 3 is 2.67 bits per heavy atom. The molecule has 1 aliphatic carbocycles. The predicted molar refractivity (Wildman–Crippen MR) is 53.4 cm³/mol. The van der Waals surface area contributed by atoms with E-state index in [-0.39, 0.29) is 0 Å². The smallest absolute Gasteiger partial charge is 0.0166 e. The molecule has 0 spiro atoms. The highest BCUT2D eigenvalue weighted by molar-refractivity contribution is 4.83. The number of hydrogen-bond acceptors (Lipinski definition) is 2. The lowest BCUT2D eigenvalue weighted by Gasteiger charge is -2.21. The molecule has 0 bridgehead atoms. The minimum Gasteiger partial charge on any atom is -0.313 e. The van der Waals surface area contributed by atoms with Crippen molar-refractivity contribution in [2.45, 2.75) is 45.2 Å². The van der Waals surface area contributed by atoms with Crippen molar-refractivity contribution in [1.29, 1.82) is 0 Å². The van der Waals surface area contributed by atoms with Gasteiger partial charge in [-0.05, 0) is 39.8 Å². The van der Waals surface area contributed by atoms with Crippen molar-refractivity contribution in [3.63, 3.8) is 0 Å². The van der Waals surface area contributed by atoms with Crippen LogP contribution < -0.4 is 5.32 Å². The molecule has 0 aliphatic heterocycles. The molecule has 0 amide bonds. The molecule has 1 atom stereocenters. The van der Waals surface area contributed by atoms with Gasteiger partial charge < -0.3 is 10.2 Å². The second kappa shape index (κ2) is 4.83. The van der Waals surface area contributed by atoms with Gasteiger partial charge in [-0.1, -0.05) is 6.92 Å². The summed E-state index contributed by atoms with van der Waals surface area (Å²) in [6.45, 7) is 6.84. The summed E-state index contributed by atoms with van der Waals surface area (Å²) in [6.07, 6.45) is 4.06. The Bertz CT molecular complexity index is 121. The summed E-state index contributed by atoms with van der Waals surface area (Å²) in [5, 5.41) is 3.50. The van der Waals surface area contributed by atoms with Crippen molar-refractivity contribution < 1.29 is 0 Å². The lowest BCUT2D eigenvalue weighted by atomic mass is 10.3. The Morgan fingerprint density at radius 2 is 2.17 bits per heavy atom. The Morgan fingerprint density at radius 1 is 1.50 bits per heavy atom. The second-order valence-electron chi connectivity index (χ2n) is 4.03. The summed E-state index contributed by atoms with van der Waals surface area (Å²) in [6, 6.07) is 1.55. The van der Waals surface area contributed by atoms with E-state index in [1.807, 2.05) is 0 Å². The Kier molecular flexibility index (Phi) is 4.02. The third kappa shape index (κ3) is 3.55. The zero-order valence-corrected chi connectivity index (χ0v) is 8.64. The van der Waals surface area contributed by atoms with Gasteiger partial charge in [0, 0.05) is 18.6 Å². The second-order valence-corrected chi connectivity index (χ2v) is 4.03. The molecule has 1 rings (SSSR count). The third-order valence-electron chi connectivity index (χ3n) is 2.47. The lowest BCUT2D eigenvalue weighted by molar-refractivity contribution is 0.288. The van der Waals surface area contributed by atoms with E-state index in [0.29, 0.717) is 6.04 Å². The van der Waals surface area contributed by atoms with Gasteiger partial charge >= 0.3 is 0 Å². The van der Waals surface area contributed by atoms with E-state index in [0.717, 1.165) is 12.6 Å². The Labute approximate surface area is 76.3 Å². The molecule has 2 nitrogen and oxygen atoms in total. The van der Waals surface area contributed by atoms with E-state index >= 15 is 0 Å². The SMILES string of the molecule is CCCNC(C)CN(C)C1CC1. The lowest BCUT2D eigenvalue weighted by Crippen LogP contribution is -2.38. The fourth-order valence-electron chi connectivity index (χ4n) is 1.55. The Balaban J connectivity index is 2.03. The summed E-state index contributed by atoms with van der Waals surface area (Å²) >= 11 is 0. The van der Waals surface area contributed by atoms with Gasteiger partial charge in [0.2, 0.25) is 0 Å². The number of hydrogen-bond donors (Lipinski definition) is 1. The van der Waals surface area contributed by atoms with Gasteiger partial charge in [-0.2, -0.15) is 0 Å². The maximum absolute atomic E-state index is 3.50. The monoisotopic (exact) mass is 170 g/mol. The van der Waals surface area contributed by atoms with Crippen molar-refractivity contribution >= 4 is 0 Å². The predicted octanol–water partition coefficient (Wildman–Crippen LogP) is 1.47. The van der Waals surface area contributed by atoms with E-state index in [2.05, 4.69) is 31.1 Å². The molecule has 1 N–H and O–H groups in total. The van der Waals surface area contributed by atoms with Crippen LogP contribution in [0.15, 0.2) is 0 Å². The van der Waals surface area contributed by atoms with Crippen LogP contribution in [-0.2, 0) is 0 Å². The molecule has 0 aromatic rings. The first kappa shape index (κ1) is 10.0. The number of rotatable bonds is 6. The maximum Gasteiger partial charge on any atom is 0.0166 e. The van der Waals surface area contributed by atoms with E-state index < -0.39 is 0 Å². The van der Waals surface area contributed by atoms with Gasteiger partial charge in [0.05, 0.1) is 0 Å². The largest absolute Gasteiger partial charge is 0.313 e. The fraction of sp³-hybridized carbons (Fsp3) is 1.00. The quantitative estimate of drug-likeness (QED) is 0.649. The highest BCUT2D eigenvalue weighted by Gasteiger charge is 2.26. The van der Waals surface area contributed by atoms with Crippen LogP contribution in [0.5, 0.6) is 0 Å². The molecule has 1 saturated carbocycles. The molecule has 0 heterocycles. The molecule has 12 heavy (non-hydrogen) atoms. The van der Waals surface area contributed by atoms with Crippen molar-refractivity contribution in [1.82, 2.24) is 10.2 Å². The van der Waals surface area contributed by atoms with Gasteiger partial charge in [-0.15, -0.1) is 0 Å². The number of nitrogens with one attached hydrogen (secondary N) is 1. The van der Waals surface area contributed by atoms with E-state index in [1.54, 1.807) is 0 Å². The molecule has 1 fully saturated rings. The molecular weight excluding hydrogens is 148 g/mol. The van der Waals surface area contributed by atoms with Crippen LogP contribution in [0.4, 0.5) is 0 Å². The van der Waals surface area contributed by atoms with Crippen LogP contribution in [0.25, 0.3) is 0 Å². The number of likely N-dealkylation sites (N-methyl/N-ethyl adjacent to an activating group) is 1. The van der Waals surface area contributed by atoms with Crippen molar-refractivity contribution in [3.8, 4) is 0 Å². The normalized spacial score (nSPS) is 20.0. The summed E-state index contributed by atoms with van der Waals surface area (Å²) < 4.78 is 0. The maximum atomic E-state index is 3.50. The highest BCUT2D eigenvalue weighted by atomic mass is 15.2. The molecule has 0 radical (unpaired) electrons. The number of nitrogens with zero attached hydrogens (tertiary/aromatic N) is 1. The molecule has 1 unspecified atom stereocenters. The molecule has 72 valence electrons. The standard InChI is InChI=1S/C10H22N2/c1-4-7-11-9(2)8-12(3)10-5-6-10/h9-11H,4-8H2,1-3H3. The van der Waals surface area contributed by atoms with Gasteiger partial charge in [-0.25, -0.2) is 0 Å². The zero-order chi connectivity index (χ0) is 8.97. The molecular formula is C10H22N2. The minimum atomic E-state index is 0.649. The average Bonchev–Trinajstić information content (AvgIpc) is 2.82. The van der Waals surface area contributed by atoms with E-state index in [9.17, 15) is 0 Å². The summed E-state index contributed by atoms with van der Waals surface area (Å²) in [5.74, 6) is 0. The average molecular weight is 170 g/mol. The topological polar surface area (TPSA) is 15.3 Å². The Hall–Kier alpha value is -0.0800. The minimum absolute atomic E-state index is 0.649. The van der Waals surface area contributed by atoms with Crippen molar-refractivity contribution in [3.05, 3.63) is 0 Å². The van der Waals surface area contributed by atoms with Crippen LogP contribution in [0.2, 0.25) is 0 Å². The van der Waals surface area contributed by atoms with Crippen LogP contribution in [-0.4, -0.2) is 37.1 Å². The molecule has 0 aromatic carbocycles.